The highest BCUT2D eigenvalue weighted by atomic mass is 16.2. The summed E-state index contributed by atoms with van der Waals surface area (Å²) in [6.45, 7) is 0. The van der Waals surface area contributed by atoms with Crippen LogP contribution in [0.15, 0.2) is 42.5 Å². The van der Waals surface area contributed by atoms with Gasteiger partial charge in [0.25, 0.3) is 0 Å². The average Bonchev–Trinajstić information content (AvgIpc) is 2.18. The van der Waals surface area contributed by atoms with Gasteiger partial charge in [0, 0.05) is 12.1 Å². The number of carbonyl (C=O) groups excluding carboxylic acids is 2. The van der Waals surface area contributed by atoms with E-state index in [2.05, 4.69) is 5.32 Å². The zero-order chi connectivity index (χ0) is 11.1. The van der Waals surface area contributed by atoms with Crippen molar-refractivity contribution < 1.29 is 9.59 Å². The molecule has 1 aromatic rings. The summed E-state index contributed by atoms with van der Waals surface area (Å²) in [6, 6.07) is 9.10. The molecule has 4 heteroatoms. The molecule has 0 saturated carbocycles. The Balaban J connectivity index is 2.40. The fourth-order valence-electron chi connectivity index (χ4n) is 1.02. The lowest BCUT2D eigenvalue weighted by Crippen LogP contribution is -2.11. The van der Waals surface area contributed by atoms with Crippen molar-refractivity contribution in [1.29, 1.82) is 0 Å². The topological polar surface area (TPSA) is 72.2 Å². The van der Waals surface area contributed by atoms with Crippen molar-refractivity contribution in [2.75, 3.05) is 5.32 Å². The number of rotatable bonds is 4. The number of nitrogens with two attached hydrogens (primary N) is 1. The first-order chi connectivity index (χ1) is 7.18. The lowest BCUT2D eigenvalue weighted by Gasteiger charge is -2.01. The summed E-state index contributed by atoms with van der Waals surface area (Å²) >= 11 is 0. The van der Waals surface area contributed by atoms with Gasteiger partial charge in [-0.1, -0.05) is 24.3 Å². The molecule has 15 heavy (non-hydrogen) atoms. The fourth-order valence-corrected chi connectivity index (χ4v) is 1.02. The van der Waals surface area contributed by atoms with E-state index < -0.39 is 5.91 Å². The minimum Gasteiger partial charge on any atom is -0.366 e. The molecule has 2 amide bonds. The Morgan fingerprint density at radius 3 is 2.53 bits per heavy atom. The number of hydrogen-bond acceptors (Lipinski definition) is 2. The van der Waals surface area contributed by atoms with Gasteiger partial charge in [0.2, 0.25) is 11.8 Å². The third-order valence-corrected chi connectivity index (χ3v) is 1.64. The van der Waals surface area contributed by atoms with Gasteiger partial charge < -0.3 is 11.1 Å². The maximum absolute atomic E-state index is 11.3. The van der Waals surface area contributed by atoms with Crippen LogP contribution in [0.2, 0.25) is 0 Å². The van der Waals surface area contributed by atoms with Gasteiger partial charge in [-0.25, -0.2) is 0 Å². The van der Waals surface area contributed by atoms with Crippen molar-refractivity contribution in [2.24, 2.45) is 5.73 Å². The molecular formula is C11H12N2O2. The number of hydrogen-bond donors (Lipinski definition) is 2. The van der Waals surface area contributed by atoms with Gasteiger partial charge in [-0.3, -0.25) is 9.59 Å². The summed E-state index contributed by atoms with van der Waals surface area (Å²) in [6.07, 6.45) is 2.74. The largest absolute Gasteiger partial charge is 0.366 e. The van der Waals surface area contributed by atoms with E-state index in [9.17, 15) is 9.59 Å². The highest BCUT2D eigenvalue weighted by molar-refractivity contribution is 5.93. The third kappa shape index (κ3) is 4.61. The molecule has 0 fully saturated rings. The highest BCUT2D eigenvalue weighted by Crippen LogP contribution is 2.05. The number of anilines is 1. The summed E-state index contributed by atoms with van der Waals surface area (Å²) in [5.74, 6) is -0.735. The fraction of sp³-hybridized carbons (Fsp3) is 0.0909. The Bertz CT molecular complexity index is 371. The standard InChI is InChI=1S/C11H12N2O2/c12-10(14)7-4-8-11(15)13-9-5-2-1-3-6-9/h1-7H,8H2,(H2,12,14)(H,13,15)/b7-4+. The lowest BCUT2D eigenvalue weighted by molar-refractivity contribution is -0.115. The number of amides is 2. The maximum atomic E-state index is 11.3. The van der Waals surface area contributed by atoms with Crippen molar-refractivity contribution >= 4 is 17.5 Å². The van der Waals surface area contributed by atoms with Gasteiger partial charge in [0.1, 0.15) is 0 Å². The number of primary amides is 1. The third-order valence-electron chi connectivity index (χ3n) is 1.64. The normalized spacial score (nSPS) is 10.1. The Labute approximate surface area is 87.8 Å². The highest BCUT2D eigenvalue weighted by Gasteiger charge is 1.98. The first-order valence-corrected chi connectivity index (χ1v) is 4.49. The van der Waals surface area contributed by atoms with E-state index in [0.717, 1.165) is 5.69 Å². The second kappa shape index (κ2) is 5.59. The van der Waals surface area contributed by atoms with Crippen LogP contribution in [-0.4, -0.2) is 11.8 Å². The van der Waals surface area contributed by atoms with Crippen molar-refractivity contribution in [3.8, 4) is 0 Å². The van der Waals surface area contributed by atoms with Crippen LogP contribution >= 0.6 is 0 Å². The summed E-state index contributed by atoms with van der Waals surface area (Å²) in [5, 5.41) is 2.67. The van der Waals surface area contributed by atoms with Gasteiger partial charge in [0.05, 0.1) is 0 Å². The summed E-state index contributed by atoms with van der Waals surface area (Å²) < 4.78 is 0. The molecule has 0 saturated heterocycles. The minimum absolute atomic E-state index is 0.137. The van der Waals surface area contributed by atoms with Crippen LogP contribution in [0.25, 0.3) is 0 Å². The molecule has 0 aliphatic rings. The Morgan fingerprint density at radius 2 is 1.93 bits per heavy atom. The van der Waals surface area contributed by atoms with Crippen molar-refractivity contribution in [3.63, 3.8) is 0 Å². The zero-order valence-corrected chi connectivity index (χ0v) is 8.14. The van der Waals surface area contributed by atoms with Gasteiger partial charge in [0.15, 0.2) is 0 Å². The van der Waals surface area contributed by atoms with E-state index in [1.807, 2.05) is 18.2 Å². The maximum Gasteiger partial charge on any atom is 0.241 e. The molecule has 1 rings (SSSR count). The molecular weight excluding hydrogens is 192 g/mol. The SMILES string of the molecule is NC(=O)/C=C/CC(=O)Nc1ccccc1. The van der Waals surface area contributed by atoms with Crippen LogP contribution < -0.4 is 11.1 Å². The monoisotopic (exact) mass is 204 g/mol. The minimum atomic E-state index is -0.553. The molecule has 0 radical (unpaired) electrons. The second-order valence-corrected chi connectivity index (χ2v) is 2.92. The van der Waals surface area contributed by atoms with E-state index in [0.29, 0.717) is 0 Å². The molecule has 0 aliphatic heterocycles. The number of para-hydroxylation sites is 1. The molecule has 1 aromatic carbocycles. The Morgan fingerprint density at radius 1 is 1.27 bits per heavy atom. The van der Waals surface area contributed by atoms with Gasteiger partial charge in [-0.2, -0.15) is 0 Å². The summed E-state index contributed by atoms with van der Waals surface area (Å²) in [4.78, 5) is 21.6. The van der Waals surface area contributed by atoms with E-state index >= 15 is 0 Å². The molecule has 0 aliphatic carbocycles. The number of nitrogens with one attached hydrogen (secondary N) is 1. The van der Waals surface area contributed by atoms with Gasteiger partial charge >= 0.3 is 0 Å². The number of carbonyl (C=O) groups is 2. The first kappa shape index (κ1) is 11.0. The zero-order valence-electron chi connectivity index (χ0n) is 8.14. The van der Waals surface area contributed by atoms with E-state index in [1.165, 1.54) is 12.2 Å². The van der Waals surface area contributed by atoms with Crippen molar-refractivity contribution in [1.82, 2.24) is 0 Å². The van der Waals surface area contributed by atoms with E-state index in [1.54, 1.807) is 12.1 Å². The quantitative estimate of drug-likeness (QED) is 0.720. The molecule has 0 bridgehead atoms. The predicted octanol–water partition coefficient (Wildman–Crippen LogP) is 1.06. The van der Waals surface area contributed by atoms with Crippen molar-refractivity contribution in [2.45, 2.75) is 6.42 Å². The molecule has 0 spiro atoms. The first-order valence-electron chi connectivity index (χ1n) is 4.49. The van der Waals surface area contributed by atoms with Crippen LogP contribution in [0.5, 0.6) is 0 Å². The van der Waals surface area contributed by atoms with Crippen LogP contribution in [0.4, 0.5) is 5.69 Å². The molecule has 78 valence electrons. The Kier molecular flexibility index (Phi) is 4.09. The Hall–Kier alpha value is -2.10. The molecule has 3 N–H and O–H groups in total. The number of benzene rings is 1. The van der Waals surface area contributed by atoms with Gasteiger partial charge in [-0.05, 0) is 18.2 Å². The van der Waals surface area contributed by atoms with Crippen molar-refractivity contribution in [3.05, 3.63) is 42.5 Å². The van der Waals surface area contributed by atoms with Gasteiger partial charge in [-0.15, -0.1) is 0 Å². The smallest absolute Gasteiger partial charge is 0.241 e. The molecule has 0 unspecified atom stereocenters. The molecule has 4 nitrogen and oxygen atoms in total. The predicted molar refractivity (Wildman–Crippen MR) is 58.0 cm³/mol. The van der Waals surface area contributed by atoms with Crippen LogP contribution in [0, 0.1) is 0 Å². The second-order valence-electron chi connectivity index (χ2n) is 2.92. The lowest BCUT2D eigenvalue weighted by atomic mass is 10.3. The molecule has 0 aromatic heterocycles. The summed E-state index contributed by atoms with van der Waals surface area (Å²) in [7, 11) is 0. The van der Waals surface area contributed by atoms with Crippen LogP contribution in [0.1, 0.15) is 6.42 Å². The van der Waals surface area contributed by atoms with E-state index in [-0.39, 0.29) is 12.3 Å². The molecule has 0 atom stereocenters. The van der Waals surface area contributed by atoms with E-state index in [4.69, 9.17) is 5.73 Å². The average molecular weight is 204 g/mol. The molecule has 0 heterocycles. The van der Waals surface area contributed by atoms with Crippen LogP contribution in [0.3, 0.4) is 0 Å². The summed E-state index contributed by atoms with van der Waals surface area (Å²) in [5.41, 5.74) is 5.61. The van der Waals surface area contributed by atoms with Crippen LogP contribution in [-0.2, 0) is 9.59 Å².